The van der Waals surface area contributed by atoms with Gasteiger partial charge in [0.25, 0.3) is 5.91 Å². The van der Waals surface area contributed by atoms with E-state index < -0.39 is 5.54 Å². The molecule has 1 amide bonds. The number of aromatic nitrogens is 3. The van der Waals surface area contributed by atoms with E-state index in [9.17, 15) is 4.79 Å². The van der Waals surface area contributed by atoms with Crippen LogP contribution in [-0.4, -0.2) is 50.9 Å². The molecular weight excluding hydrogens is 486 g/mol. The topological polar surface area (TPSA) is 75.4 Å². The lowest BCUT2D eigenvalue weighted by Gasteiger charge is -2.47. The number of piperazine rings is 1. The Bertz CT molecular complexity index is 1470. The highest BCUT2D eigenvalue weighted by atomic mass is 35.5. The van der Waals surface area contributed by atoms with E-state index in [-0.39, 0.29) is 11.3 Å². The quantitative estimate of drug-likeness (QED) is 0.318. The molecule has 0 saturated carbocycles. The lowest BCUT2D eigenvalue weighted by molar-refractivity contribution is 0.0483. The second-order valence-electron chi connectivity index (χ2n) is 11.4. The van der Waals surface area contributed by atoms with Crippen molar-refractivity contribution in [3.8, 4) is 11.3 Å². The van der Waals surface area contributed by atoms with Gasteiger partial charge in [-0.25, -0.2) is 15.0 Å². The summed E-state index contributed by atoms with van der Waals surface area (Å²) < 4.78 is 6.27. The molecule has 0 N–H and O–H groups in total. The van der Waals surface area contributed by atoms with Gasteiger partial charge in [0.1, 0.15) is 17.7 Å². The van der Waals surface area contributed by atoms with Crippen LogP contribution in [0.4, 0.5) is 5.82 Å². The van der Waals surface area contributed by atoms with E-state index >= 15 is 0 Å². The first-order chi connectivity index (χ1) is 17.4. The van der Waals surface area contributed by atoms with Gasteiger partial charge in [-0.3, -0.25) is 4.79 Å². The molecule has 1 aromatic carbocycles. The summed E-state index contributed by atoms with van der Waals surface area (Å²) in [5, 5.41) is 0.676. The number of carbonyl (C=O) groups is 1. The SMILES string of the molecule is Cc1cncnc1N1CCN(C(=O)c2cc3nc(-c4ccc(Cl)cc4)cc(C(C)(C)C)c3o2)C(C)(C)C1. The molecule has 1 fully saturated rings. The van der Waals surface area contributed by atoms with Crippen LogP contribution in [0.5, 0.6) is 0 Å². The Morgan fingerprint density at radius 1 is 1.11 bits per heavy atom. The maximum Gasteiger partial charge on any atom is 0.290 e. The third-order valence-corrected chi connectivity index (χ3v) is 7.20. The molecule has 1 saturated heterocycles. The van der Waals surface area contributed by atoms with Crippen LogP contribution in [0, 0.1) is 6.92 Å². The Labute approximate surface area is 222 Å². The summed E-state index contributed by atoms with van der Waals surface area (Å²) in [6, 6.07) is 11.5. The number of furan rings is 1. The summed E-state index contributed by atoms with van der Waals surface area (Å²) in [4.78, 5) is 31.4. The minimum absolute atomic E-state index is 0.130. The van der Waals surface area contributed by atoms with E-state index in [1.54, 1.807) is 12.4 Å². The highest BCUT2D eigenvalue weighted by Crippen LogP contribution is 2.36. The number of amides is 1. The summed E-state index contributed by atoms with van der Waals surface area (Å²) in [5.74, 6) is 1.09. The summed E-state index contributed by atoms with van der Waals surface area (Å²) in [6.07, 6.45) is 3.39. The molecule has 0 bridgehead atoms. The van der Waals surface area contributed by atoms with E-state index in [0.717, 1.165) is 28.2 Å². The molecular formula is C29H32ClN5O2. The third-order valence-electron chi connectivity index (χ3n) is 6.95. The third kappa shape index (κ3) is 4.80. The zero-order valence-corrected chi connectivity index (χ0v) is 22.9. The Morgan fingerprint density at radius 3 is 2.49 bits per heavy atom. The van der Waals surface area contributed by atoms with Gasteiger partial charge in [-0.2, -0.15) is 0 Å². The fourth-order valence-electron chi connectivity index (χ4n) is 5.02. The Morgan fingerprint density at radius 2 is 1.84 bits per heavy atom. The van der Waals surface area contributed by atoms with Gasteiger partial charge in [0.15, 0.2) is 11.3 Å². The molecule has 7 nitrogen and oxygen atoms in total. The molecule has 1 aliphatic heterocycles. The average molecular weight is 518 g/mol. The van der Waals surface area contributed by atoms with E-state index in [1.807, 2.05) is 42.3 Å². The van der Waals surface area contributed by atoms with Gasteiger partial charge < -0.3 is 14.2 Å². The Balaban J connectivity index is 1.49. The number of pyridine rings is 1. The van der Waals surface area contributed by atoms with Crippen LogP contribution in [0.15, 0.2) is 53.3 Å². The first-order valence-corrected chi connectivity index (χ1v) is 12.9. The number of benzene rings is 1. The van der Waals surface area contributed by atoms with Gasteiger partial charge in [0.2, 0.25) is 0 Å². The van der Waals surface area contributed by atoms with Crippen molar-refractivity contribution in [3.63, 3.8) is 0 Å². The van der Waals surface area contributed by atoms with Crippen LogP contribution in [0.3, 0.4) is 0 Å². The van der Waals surface area contributed by atoms with Crippen molar-refractivity contribution in [3.05, 3.63) is 70.8 Å². The first-order valence-electron chi connectivity index (χ1n) is 12.5. The number of hydrogen-bond donors (Lipinski definition) is 0. The Hall–Kier alpha value is -3.45. The van der Waals surface area contributed by atoms with Gasteiger partial charge in [-0.15, -0.1) is 0 Å². The van der Waals surface area contributed by atoms with Crippen molar-refractivity contribution in [2.24, 2.45) is 0 Å². The van der Waals surface area contributed by atoms with Crippen molar-refractivity contribution in [1.82, 2.24) is 19.9 Å². The predicted octanol–water partition coefficient (Wildman–Crippen LogP) is 6.29. The minimum Gasteiger partial charge on any atom is -0.449 e. The molecule has 0 atom stereocenters. The standard InChI is InChI=1S/C29H32ClN5O2/c1-18-15-31-17-32-26(18)34-11-12-35(29(5,6)16-34)27(36)24-14-23-25(37-24)21(28(2,3)4)13-22(33-23)19-7-9-20(30)10-8-19/h7-10,13-15,17H,11-12,16H2,1-6H3. The predicted molar refractivity (Wildman–Crippen MR) is 147 cm³/mol. The monoisotopic (exact) mass is 517 g/mol. The number of anilines is 1. The Kier molecular flexibility index (Phi) is 6.23. The second-order valence-corrected chi connectivity index (χ2v) is 11.8. The van der Waals surface area contributed by atoms with Crippen LogP contribution in [0.1, 0.15) is 56.3 Å². The molecule has 0 aliphatic carbocycles. The highest BCUT2D eigenvalue weighted by Gasteiger charge is 2.39. The van der Waals surface area contributed by atoms with Crippen LogP contribution in [-0.2, 0) is 5.41 Å². The number of nitrogens with zero attached hydrogens (tertiary/aromatic N) is 5. The number of carbonyl (C=O) groups excluding carboxylic acids is 1. The van der Waals surface area contributed by atoms with Gasteiger partial charge in [0, 0.05) is 53.6 Å². The molecule has 5 rings (SSSR count). The molecule has 37 heavy (non-hydrogen) atoms. The maximum atomic E-state index is 13.8. The van der Waals surface area contributed by atoms with Crippen molar-refractivity contribution in [2.75, 3.05) is 24.5 Å². The molecule has 0 unspecified atom stereocenters. The molecule has 0 spiro atoms. The largest absolute Gasteiger partial charge is 0.449 e. The van der Waals surface area contributed by atoms with Crippen LogP contribution in [0.25, 0.3) is 22.4 Å². The van der Waals surface area contributed by atoms with Crippen LogP contribution in [0.2, 0.25) is 5.02 Å². The number of rotatable bonds is 3. The molecule has 4 aromatic rings. The first kappa shape index (κ1) is 25.2. The summed E-state index contributed by atoms with van der Waals surface area (Å²) >= 11 is 6.10. The maximum absolute atomic E-state index is 13.8. The molecule has 3 aromatic heterocycles. The van der Waals surface area contributed by atoms with Crippen molar-refractivity contribution < 1.29 is 9.21 Å². The minimum atomic E-state index is -0.430. The summed E-state index contributed by atoms with van der Waals surface area (Å²) in [7, 11) is 0. The van der Waals surface area contributed by atoms with E-state index in [2.05, 4.69) is 55.6 Å². The van der Waals surface area contributed by atoms with Crippen molar-refractivity contribution in [1.29, 1.82) is 0 Å². The molecule has 4 heterocycles. The lowest BCUT2D eigenvalue weighted by Crippen LogP contribution is -2.61. The molecule has 1 aliphatic rings. The highest BCUT2D eigenvalue weighted by molar-refractivity contribution is 6.30. The molecule has 192 valence electrons. The zero-order valence-electron chi connectivity index (χ0n) is 22.2. The van der Waals surface area contributed by atoms with Crippen LogP contribution < -0.4 is 4.90 Å². The van der Waals surface area contributed by atoms with E-state index in [0.29, 0.717) is 41.5 Å². The van der Waals surface area contributed by atoms with E-state index in [4.69, 9.17) is 21.0 Å². The van der Waals surface area contributed by atoms with Gasteiger partial charge in [-0.1, -0.05) is 44.5 Å². The second kappa shape index (κ2) is 9.14. The van der Waals surface area contributed by atoms with Gasteiger partial charge in [0.05, 0.1) is 11.2 Å². The summed E-state index contributed by atoms with van der Waals surface area (Å²) in [5.41, 5.74) is 4.50. The number of halogens is 1. The van der Waals surface area contributed by atoms with Gasteiger partial charge >= 0.3 is 0 Å². The summed E-state index contributed by atoms with van der Waals surface area (Å²) in [6.45, 7) is 14.5. The number of fused-ring (bicyclic) bond motifs is 1. The van der Waals surface area contributed by atoms with Crippen molar-refractivity contribution in [2.45, 2.75) is 52.5 Å². The van der Waals surface area contributed by atoms with Gasteiger partial charge in [-0.05, 0) is 44.4 Å². The van der Waals surface area contributed by atoms with E-state index in [1.165, 1.54) is 0 Å². The molecule has 0 radical (unpaired) electrons. The number of aryl methyl sites for hydroxylation is 1. The smallest absolute Gasteiger partial charge is 0.290 e. The fourth-order valence-corrected chi connectivity index (χ4v) is 5.15. The zero-order chi connectivity index (χ0) is 26.5. The fraction of sp³-hybridized carbons (Fsp3) is 0.379. The normalized spacial score (nSPS) is 15.9. The number of hydrogen-bond acceptors (Lipinski definition) is 6. The van der Waals surface area contributed by atoms with Crippen molar-refractivity contribution >= 4 is 34.4 Å². The lowest BCUT2D eigenvalue weighted by atomic mass is 9.86. The molecule has 8 heteroatoms. The average Bonchev–Trinajstić information content (AvgIpc) is 3.27. The van der Waals surface area contributed by atoms with Crippen LogP contribution >= 0.6 is 11.6 Å².